The predicted octanol–water partition coefficient (Wildman–Crippen LogP) is 1.99. The Hall–Kier alpha value is -1.84. The van der Waals surface area contributed by atoms with E-state index in [1.807, 2.05) is 39.0 Å². The number of piperazine rings is 1. The molecule has 2 rings (SSSR count). The van der Waals surface area contributed by atoms with Gasteiger partial charge < -0.3 is 10.2 Å². The number of rotatable bonds is 4. The molecule has 1 aliphatic heterocycles. The van der Waals surface area contributed by atoms with E-state index in [4.69, 9.17) is 0 Å². The molecule has 0 aliphatic carbocycles. The van der Waals surface area contributed by atoms with Crippen molar-refractivity contribution in [1.29, 1.82) is 0 Å². The van der Waals surface area contributed by atoms with E-state index in [1.165, 1.54) is 5.56 Å². The fourth-order valence-corrected chi connectivity index (χ4v) is 2.92. The first-order valence-electron chi connectivity index (χ1n) is 7.58. The van der Waals surface area contributed by atoms with Gasteiger partial charge in [0.05, 0.1) is 0 Å². The van der Waals surface area contributed by atoms with Crippen molar-refractivity contribution in [1.82, 2.24) is 10.2 Å². The third-order valence-electron chi connectivity index (χ3n) is 4.13. The summed E-state index contributed by atoms with van der Waals surface area (Å²) in [6, 6.07) is 9.25. The fraction of sp³-hybridized carbons (Fsp3) is 0.529. The molecule has 0 aromatic heterocycles. The number of carbonyl (C=O) groups excluding carboxylic acids is 2. The first kappa shape index (κ1) is 15.5. The van der Waals surface area contributed by atoms with Gasteiger partial charge in [0.2, 0.25) is 11.8 Å². The normalized spacial score (nSPS) is 24.1. The SMILES string of the molecule is CC(C)C1NC(=O)C(C)N(C(C)Cc2ccccc2)C1=O. The largest absolute Gasteiger partial charge is 0.342 e. The molecule has 3 unspecified atom stereocenters. The summed E-state index contributed by atoms with van der Waals surface area (Å²) in [5, 5.41) is 2.83. The maximum atomic E-state index is 12.7. The lowest BCUT2D eigenvalue weighted by Gasteiger charge is -2.42. The fourth-order valence-electron chi connectivity index (χ4n) is 2.92. The molecule has 1 aromatic carbocycles. The number of nitrogens with zero attached hydrogens (tertiary/aromatic N) is 1. The zero-order chi connectivity index (χ0) is 15.6. The van der Waals surface area contributed by atoms with E-state index >= 15 is 0 Å². The van der Waals surface area contributed by atoms with E-state index in [0.717, 1.165) is 6.42 Å². The summed E-state index contributed by atoms with van der Waals surface area (Å²) in [5.41, 5.74) is 1.18. The molecule has 3 atom stereocenters. The molecule has 4 heteroatoms. The van der Waals surface area contributed by atoms with Gasteiger partial charge in [-0.3, -0.25) is 9.59 Å². The highest BCUT2D eigenvalue weighted by atomic mass is 16.2. The van der Waals surface area contributed by atoms with E-state index in [-0.39, 0.29) is 23.8 Å². The Kier molecular flexibility index (Phi) is 4.66. The van der Waals surface area contributed by atoms with Crippen LogP contribution in [0.15, 0.2) is 30.3 Å². The Morgan fingerprint density at radius 1 is 1.14 bits per heavy atom. The summed E-state index contributed by atoms with van der Waals surface area (Å²) in [6.45, 7) is 7.72. The molecule has 2 amide bonds. The molecule has 1 heterocycles. The molecule has 0 bridgehead atoms. The molecule has 1 N–H and O–H groups in total. The molecule has 114 valence electrons. The minimum absolute atomic E-state index is 0.00204. The van der Waals surface area contributed by atoms with Crippen molar-refractivity contribution >= 4 is 11.8 Å². The number of nitrogens with one attached hydrogen (secondary N) is 1. The van der Waals surface area contributed by atoms with Gasteiger partial charge in [0.15, 0.2) is 0 Å². The van der Waals surface area contributed by atoms with Crippen molar-refractivity contribution in [3.05, 3.63) is 35.9 Å². The highest BCUT2D eigenvalue weighted by Gasteiger charge is 2.41. The van der Waals surface area contributed by atoms with Crippen molar-refractivity contribution in [3.8, 4) is 0 Å². The second kappa shape index (κ2) is 6.29. The van der Waals surface area contributed by atoms with Gasteiger partial charge >= 0.3 is 0 Å². The second-order valence-corrected chi connectivity index (χ2v) is 6.19. The molecule has 1 aliphatic rings. The topological polar surface area (TPSA) is 49.4 Å². The average Bonchev–Trinajstić information content (AvgIpc) is 2.43. The van der Waals surface area contributed by atoms with E-state index in [9.17, 15) is 9.59 Å². The van der Waals surface area contributed by atoms with Gasteiger partial charge in [-0.25, -0.2) is 0 Å². The van der Waals surface area contributed by atoms with Crippen molar-refractivity contribution in [3.63, 3.8) is 0 Å². The summed E-state index contributed by atoms with van der Waals surface area (Å²) < 4.78 is 0. The lowest BCUT2D eigenvalue weighted by atomic mass is 9.95. The second-order valence-electron chi connectivity index (χ2n) is 6.19. The number of hydrogen-bond donors (Lipinski definition) is 1. The molecule has 0 saturated carbocycles. The van der Waals surface area contributed by atoms with E-state index in [0.29, 0.717) is 0 Å². The van der Waals surface area contributed by atoms with Gasteiger partial charge in [0.1, 0.15) is 12.1 Å². The first-order valence-corrected chi connectivity index (χ1v) is 7.58. The van der Waals surface area contributed by atoms with Crippen LogP contribution in [0.25, 0.3) is 0 Å². The summed E-state index contributed by atoms with van der Waals surface area (Å²) in [5.74, 6) is 0.0640. The van der Waals surface area contributed by atoms with Crippen LogP contribution < -0.4 is 5.32 Å². The van der Waals surface area contributed by atoms with Gasteiger partial charge in [-0.05, 0) is 31.7 Å². The van der Waals surface area contributed by atoms with E-state index < -0.39 is 12.1 Å². The molecule has 1 saturated heterocycles. The van der Waals surface area contributed by atoms with Crippen LogP contribution in [0.4, 0.5) is 0 Å². The molecular formula is C17H24N2O2. The Morgan fingerprint density at radius 3 is 2.33 bits per heavy atom. The molecular weight excluding hydrogens is 264 g/mol. The Labute approximate surface area is 126 Å². The maximum absolute atomic E-state index is 12.7. The summed E-state index contributed by atoms with van der Waals surface area (Å²) in [4.78, 5) is 26.5. The van der Waals surface area contributed by atoms with Gasteiger partial charge in [0.25, 0.3) is 0 Å². The minimum Gasteiger partial charge on any atom is -0.342 e. The van der Waals surface area contributed by atoms with E-state index in [1.54, 1.807) is 11.8 Å². The highest BCUT2D eigenvalue weighted by molar-refractivity contribution is 5.97. The van der Waals surface area contributed by atoms with Crippen LogP contribution in [0.2, 0.25) is 0 Å². The number of hydrogen-bond acceptors (Lipinski definition) is 2. The standard InChI is InChI=1S/C17H24N2O2/c1-11(2)15-17(21)19(13(4)16(20)18-15)12(3)10-14-8-6-5-7-9-14/h5-9,11-13,15H,10H2,1-4H3,(H,18,20). The zero-order valence-electron chi connectivity index (χ0n) is 13.2. The first-order chi connectivity index (χ1) is 9.91. The maximum Gasteiger partial charge on any atom is 0.246 e. The van der Waals surface area contributed by atoms with Crippen molar-refractivity contribution in [2.75, 3.05) is 0 Å². The monoisotopic (exact) mass is 288 g/mol. The van der Waals surface area contributed by atoms with Crippen molar-refractivity contribution in [2.45, 2.75) is 52.2 Å². The molecule has 0 radical (unpaired) electrons. The van der Waals surface area contributed by atoms with Crippen LogP contribution in [0.5, 0.6) is 0 Å². The highest BCUT2D eigenvalue weighted by Crippen LogP contribution is 2.20. The van der Waals surface area contributed by atoms with E-state index in [2.05, 4.69) is 17.4 Å². The van der Waals surface area contributed by atoms with Crippen LogP contribution in [0.3, 0.4) is 0 Å². The lowest BCUT2D eigenvalue weighted by Crippen LogP contribution is -2.66. The van der Waals surface area contributed by atoms with Gasteiger partial charge in [0, 0.05) is 6.04 Å². The average molecular weight is 288 g/mol. The smallest absolute Gasteiger partial charge is 0.246 e. The molecule has 0 spiro atoms. The molecule has 1 fully saturated rings. The van der Waals surface area contributed by atoms with Crippen LogP contribution in [0.1, 0.15) is 33.3 Å². The van der Waals surface area contributed by atoms with Crippen LogP contribution >= 0.6 is 0 Å². The summed E-state index contributed by atoms with van der Waals surface area (Å²) >= 11 is 0. The quantitative estimate of drug-likeness (QED) is 0.921. The number of benzene rings is 1. The van der Waals surface area contributed by atoms with Gasteiger partial charge in [-0.1, -0.05) is 44.2 Å². The van der Waals surface area contributed by atoms with Crippen molar-refractivity contribution < 1.29 is 9.59 Å². The van der Waals surface area contributed by atoms with Gasteiger partial charge in [-0.2, -0.15) is 0 Å². The molecule has 4 nitrogen and oxygen atoms in total. The minimum atomic E-state index is -0.411. The lowest BCUT2D eigenvalue weighted by molar-refractivity contribution is -0.152. The zero-order valence-corrected chi connectivity index (χ0v) is 13.2. The Bertz CT molecular complexity index is 513. The van der Waals surface area contributed by atoms with Crippen molar-refractivity contribution in [2.24, 2.45) is 5.92 Å². The van der Waals surface area contributed by atoms with Crippen LogP contribution in [-0.2, 0) is 16.0 Å². The Morgan fingerprint density at radius 2 is 1.76 bits per heavy atom. The third-order valence-corrected chi connectivity index (χ3v) is 4.13. The Balaban J connectivity index is 2.18. The van der Waals surface area contributed by atoms with Crippen LogP contribution in [-0.4, -0.2) is 34.8 Å². The summed E-state index contributed by atoms with van der Waals surface area (Å²) in [6.07, 6.45) is 0.759. The van der Waals surface area contributed by atoms with Gasteiger partial charge in [-0.15, -0.1) is 0 Å². The third kappa shape index (κ3) is 3.26. The summed E-state index contributed by atoms with van der Waals surface area (Å²) in [7, 11) is 0. The predicted molar refractivity (Wildman–Crippen MR) is 82.7 cm³/mol. The number of amides is 2. The molecule has 21 heavy (non-hydrogen) atoms. The van der Waals surface area contributed by atoms with Crippen LogP contribution in [0, 0.1) is 5.92 Å². The molecule has 1 aromatic rings. The number of carbonyl (C=O) groups is 2.